The fraction of sp³-hybridized carbons (Fsp3) is 0.231. The van der Waals surface area contributed by atoms with Gasteiger partial charge in [-0.25, -0.2) is 4.39 Å². The summed E-state index contributed by atoms with van der Waals surface area (Å²) < 4.78 is 16.8. The highest BCUT2D eigenvalue weighted by Gasteiger charge is 2.09. The number of benzene rings is 1. The number of rotatable bonds is 4. The van der Waals surface area contributed by atoms with Crippen molar-refractivity contribution in [2.45, 2.75) is 19.9 Å². The molecular formula is C13H12Br2FN3O. The number of hydrogen-bond donors (Lipinski definition) is 1. The molecule has 2 rings (SSSR count). The SMILES string of the molecule is Cc1c(Br)cnn1CCC(=O)Nc1ccc(Br)cc1F. The van der Waals surface area contributed by atoms with E-state index in [1.807, 2.05) is 6.92 Å². The molecule has 0 radical (unpaired) electrons. The van der Waals surface area contributed by atoms with Crippen LogP contribution in [0.3, 0.4) is 0 Å². The summed E-state index contributed by atoms with van der Waals surface area (Å²) in [5, 5.41) is 6.68. The third-order valence-corrected chi connectivity index (χ3v) is 4.07. The Bertz CT molecular complexity index is 643. The molecule has 0 aliphatic rings. The van der Waals surface area contributed by atoms with Gasteiger partial charge < -0.3 is 5.32 Å². The maximum Gasteiger partial charge on any atom is 0.226 e. The van der Waals surface area contributed by atoms with Crippen LogP contribution in [-0.2, 0) is 11.3 Å². The van der Waals surface area contributed by atoms with Gasteiger partial charge in [-0.15, -0.1) is 0 Å². The van der Waals surface area contributed by atoms with Crippen LogP contribution in [0.15, 0.2) is 33.3 Å². The second-order valence-corrected chi connectivity index (χ2v) is 5.99. The third kappa shape index (κ3) is 3.67. The molecular weight excluding hydrogens is 393 g/mol. The molecule has 0 saturated carbocycles. The zero-order valence-corrected chi connectivity index (χ0v) is 13.8. The number of nitrogens with zero attached hydrogens (tertiary/aromatic N) is 2. The lowest BCUT2D eigenvalue weighted by atomic mass is 10.3. The van der Waals surface area contributed by atoms with Crippen molar-refractivity contribution in [3.05, 3.63) is 44.9 Å². The Kier molecular flexibility index (Phi) is 4.93. The number of anilines is 1. The maximum atomic E-state index is 13.6. The van der Waals surface area contributed by atoms with E-state index >= 15 is 0 Å². The monoisotopic (exact) mass is 403 g/mol. The molecule has 1 amide bonds. The minimum atomic E-state index is -0.467. The smallest absolute Gasteiger partial charge is 0.226 e. The minimum absolute atomic E-state index is 0.177. The highest BCUT2D eigenvalue weighted by Crippen LogP contribution is 2.19. The van der Waals surface area contributed by atoms with E-state index in [0.29, 0.717) is 11.0 Å². The number of halogens is 3. The average Bonchev–Trinajstić information content (AvgIpc) is 2.71. The van der Waals surface area contributed by atoms with E-state index in [4.69, 9.17) is 0 Å². The maximum absolute atomic E-state index is 13.6. The molecule has 1 N–H and O–H groups in total. The summed E-state index contributed by atoms with van der Waals surface area (Å²) >= 11 is 6.52. The van der Waals surface area contributed by atoms with Gasteiger partial charge >= 0.3 is 0 Å². The number of carbonyl (C=O) groups excluding carboxylic acids is 1. The average molecular weight is 405 g/mol. The summed E-state index contributed by atoms with van der Waals surface area (Å²) in [6.07, 6.45) is 1.91. The summed E-state index contributed by atoms with van der Waals surface area (Å²) in [7, 11) is 0. The highest BCUT2D eigenvalue weighted by molar-refractivity contribution is 9.10. The van der Waals surface area contributed by atoms with Gasteiger partial charge in [0.15, 0.2) is 0 Å². The molecule has 4 nitrogen and oxygen atoms in total. The van der Waals surface area contributed by atoms with Gasteiger partial charge in [0.2, 0.25) is 5.91 Å². The Labute approximate surface area is 132 Å². The van der Waals surface area contributed by atoms with Crippen molar-refractivity contribution >= 4 is 43.5 Å². The molecule has 106 valence electrons. The van der Waals surface area contributed by atoms with E-state index in [2.05, 4.69) is 42.3 Å². The first-order valence-corrected chi connectivity index (χ1v) is 7.49. The molecule has 0 aliphatic heterocycles. The second kappa shape index (κ2) is 6.49. The first-order chi connectivity index (χ1) is 9.47. The summed E-state index contributed by atoms with van der Waals surface area (Å²) in [6, 6.07) is 4.50. The van der Waals surface area contributed by atoms with Gasteiger partial charge in [0, 0.05) is 16.6 Å². The number of nitrogens with one attached hydrogen (secondary N) is 1. The van der Waals surface area contributed by atoms with E-state index in [0.717, 1.165) is 10.2 Å². The largest absolute Gasteiger partial charge is 0.324 e. The van der Waals surface area contributed by atoms with Crippen molar-refractivity contribution in [2.24, 2.45) is 0 Å². The summed E-state index contributed by atoms with van der Waals surface area (Å²) in [5.74, 6) is -0.719. The topological polar surface area (TPSA) is 46.9 Å². The van der Waals surface area contributed by atoms with Crippen molar-refractivity contribution in [3.8, 4) is 0 Å². The van der Waals surface area contributed by atoms with Gasteiger partial charge in [-0.2, -0.15) is 5.10 Å². The normalized spacial score (nSPS) is 10.6. The predicted molar refractivity (Wildman–Crippen MR) is 82.0 cm³/mol. The zero-order valence-electron chi connectivity index (χ0n) is 10.7. The Morgan fingerprint density at radius 3 is 2.80 bits per heavy atom. The molecule has 7 heteroatoms. The fourth-order valence-corrected chi connectivity index (χ4v) is 2.29. The molecule has 0 aliphatic carbocycles. The molecule has 1 aromatic heterocycles. The number of aromatic nitrogens is 2. The molecule has 0 atom stereocenters. The number of carbonyl (C=O) groups is 1. The van der Waals surface area contributed by atoms with Gasteiger partial charge in [-0.1, -0.05) is 15.9 Å². The molecule has 1 aromatic carbocycles. The van der Waals surface area contributed by atoms with E-state index in [-0.39, 0.29) is 18.0 Å². The van der Waals surface area contributed by atoms with Crippen LogP contribution in [0.2, 0.25) is 0 Å². The van der Waals surface area contributed by atoms with Gasteiger partial charge in [-0.3, -0.25) is 9.48 Å². The third-order valence-electron chi connectivity index (χ3n) is 2.80. The lowest BCUT2D eigenvalue weighted by Crippen LogP contribution is -2.16. The molecule has 0 saturated heterocycles. The second-order valence-electron chi connectivity index (χ2n) is 4.22. The Hall–Kier alpha value is -1.21. The van der Waals surface area contributed by atoms with Crippen LogP contribution < -0.4 is 5.32 Å². The Morgan fingerprint density at radius 2 is 2.20 bits per heavy atom. The summed E-state index contributed by atoms with van der Waals surface area (Å²) in [5.41, 5.74) is 1.13. The highest BCUT2D eigenvalue weighted by atomic mass is 79.9. The van der Waals surface area contributed by atoms with Gasteiger partial charge in [-0.05, 0) is 41.1 Å². The van der Waals surface area contributed by atoms with Crippen LogP contribution >= 0.6 is 31.9 Å². The van der Waals surface area contributed by atoms with E-state index in [9.17, 15) is 9.18 Å². The van der Waals surface area contributed by atoms with Gasteiger partial charge in [0.05, 0.1) is 22.9 Å². The van der Waals surface area contributed by atoms with E-state index < -0.39 is 5.82 Å². The molecule has 0 bridgehead atoms. The Morgan fingerprint density at radius 1 is 1.45 bits per heavy atom. The first kappa shape index (κ1) is 15.2. The minimum Gasteiger partial charge on any atom is -0.324 e. The quantitative estimate of drug-likeness (QED) is 0.840. The zero-order chi connectivity index (χ0) is 14.7. The lowest BCUT2D eigenvalue weighted by Gasteiger charge is -2.08. The predicted octanol–water partition coefficient (Wildman–Crippen LogP) is 3.88. The fourth-order valence-electron chi connectivity index (χ4n) is 1.66. The van der Waals surface area contributed by atoms with E-state index in [1.165, 1.54) is 12.1 Å². The van der Waals surface area contributed by atoms with Crippen molar-refractivity contribution in [1.82, 2.24) is 9.78 Å². The number of amides is 1. The van der Waals surface area contributed by atoms with Crippen molar-refractivity contribution in [1.29, 1.82) is 0 Å². The van der Waals surface area contributed by atoms with Crippen LogP contribution in [0.25, 0.3) is 0 Å². The molecule has 1 heterocycles. The molecule has 0 fully saturated rings. The van der Waals surface area contributed by atoms with Crippen LogP contribution in [0.5, 0.6) is 0 Å². The van der Waals surface area contributed by atoms with Gasteiger partial charge in [0.1, 0.15) is 5.82 Å². The van der Waals surface area contributed by atoms with Crippen LogP contribution in [0.1, 0.15) is 12.1 Å². The van der Waals surface area contributed by atoms with Crippen LogP contribution in [0.4, 0.5) is 10.1 Å². The molecule has 0 unspecified atom stereocenters. The van der Waals surface area contributed by atoms with Crippen LogP contribution in [-0.4, -0.2) is 15.7 Å². The van der Waals surface area contributed by atoms with Crippen molar-refractivity contribution < 1.29 is 9.18 Å². The van der Waals surface area contributed by atoms with Gasteiger partial charge in [0.25, 0.3) is 0 Å². The molecule has 2 aromatic rings. The van der Waals surface area contributed by atoms with Crippen molar-refractivity contribution in [2.75, 3.05) is 5.32 Å². The summed E-state index contributed by atoms with van der Waals surface area (Å²) in [6.45, 7) is 2.35. The standard InChI is InChI=1S/C13H12Br2FN3O/c1-8-10(15)7-17-19(8)5-4-13(20)18-12-3-2-9(14)6-11(12)16/h2-3,6-7H,4-5H2,1H3,(H,18,20). The Balaban J connectivity index is 1.94. The number of aryl methyl sites for hydroxylation is 1. The molecule has 0 spiro atoms. The van der Waals surface area contributed by atoms with E-state index in [1.54, 1.807) is 16.9 Å². The number of hydrogen-bond acceptors (Lipinski definition) is 2. The summed E-state index contributed by atoms with van der Waals surface area (Å²) in [4.78, 5) is 11.8. The van der Waals surface area contributed by atoms with Crippen molar-refractivity contribution in [3.63, 3.8) is 0 Å². The first-order valence-electron chi connectivity index (χ1n) is 5.90. The van der Waals surface area contributed by atoms with Crippen LogP contribution in [0, 0.1) is 12.7 Å². The molecule has 20 heavy (non-hydrogen) atoms. The lowest BCUT2D eigenvalue weighted by molar-refractivity contribution is -0.116.